The number of likely N-dealkylation sites (tertiary alicyclic amines) is 1. The Bertz CT molecular complexity index is 689. The molecule has 0 radical (unpaired) electrons. The molecule has 1 aliphatic rings. The van der Waals surface area contributed by atoms with E-state index in [1.165, 1.54) is 0 Å². The highest BCUT2D eigenvalue weighted by Gasteiger charge is 2.25. The smallest absolute Gasteiger partial charge is 0.240 e. The maximum Gasteiger partial charge on any atom is 0.240 e. The summed E-state index contributed by atoms with van der Waals surface area (Å²) in [5.41, 5.74) is 2.61. The third kappa shape index (κ3) is 4.01. The van der Waals surface area contributed by atoms with E-state index in [1.54, 1.807) is 13.0 Å². The summed E-state index contributed by atoms with van der Waals surface area (Å²) in [5.74, 6) is 1.06. The van der Waals surface area contributed by atoms with E-state index in [9.17, 15) is 4.79 Å². The van der Waals surface area contributed by atoms with Crippen LogP contribution in [0.5, 0.6) is 0 Å². The normalized spacial score (nSPS) is 18.2. The Balaban J connectivity index is 1.43. The van der Waals surface area contributed by atoms with Crippen LogP contribution in [-0.4, -0.2) is 46.9 Å². The third-order valence-corrected chi connectivity index (χ3v) is 4.13. The lowest BCUT2D eigenvalue weighted by atomic mass is 10.2. The molecular formula is C16H22N4O4. The molecule has 1 fully saturated rings. The lowest BCUT2D eigenvalue weighted by Crippen LogP contribution is -2.32. The zero-order valence-electron chi connectivity index (χ0n) is 14.2. The molecule has 0 aliphatic carbocycles. The number of hydrogen-bond donors (Lipinski definition) is 1. The molecule has 0 aromatic carbocycles. The number of carbonyl (C=O) groups excluding carboxylic acids is 1. The maximum atomic E-state index is 12.0. The van der Waals surface area contributed by atoms with Crippen LogP contribution in [0.1, 0.15) is 29.1 Å². The summed E-state index contributed by atoms with van der Waals surface area (Å²) < 4.78 is 16.1. The summed E-state index contributed by atoms with van der Waals surface area (Å²) in [7, 11) is 0. The van der Waals surface area contributed by atoms with Crippen molar-refractivity contribution in [2.75, 3.05) is 25.0 Å². The predicted molar refractivity (Wildman–Crippen MR) is 85.5 cm³/mol. The van der Waals surface area contributed by atoms with E-state index in [0.717, 1.165) is 42.2 Å². The van der Waals surface area contributed by atoms with Crippen molar-refractivity contribution < 1.29 is 18.6 Å². The molecule has 130 valence electrons. The number of amides is 1. The summed E-state index contributed by atoms with van der Waals surface area (Å²) in [6.07, 6.45) is 1.01. The molecule has 0 bridgehead atoms. The van der Waals surface area contributed by atoms with Gasteiger partial charge in [0.2, 0.25) is 11.8 Å². The van der Waals surface area contributed by atoms with Crippen LogP contribution in [0.4, 0.5) is 5.88 Å². The fourth-order valence-corrected chi connectivity index (χ4v) is 2.79. The molecule has 24 heavy (non-hydrogen) atoms. The van der Waals surface area contributed by atoms with Crippen molar-refractivity contribution in [3.63, 3.8) is 0 Å². The molecule has 1 N–H and O–H groups in total. The molecule has 1 atom stereocenters. The standard InChI is InChI=1S/C16H22N4O4/c1-10-6-16(24-18-10)17-15(21)8-20-5-4-13(7-20)22-9-14-11(2)19-23-12(14)3/h6,13H,4-5,7-9H2,1-3H3,(H,17,21). The fourth-order valence-electron chi connectivity index (χ4n) is 2.79. The number of hydrogen-bond acceptors (Lipinski definition) is 7. The van der Waals surface area contributed by atoms with Crippen molar-refractivity contribution in [3.05, 3.63) is 28.8 Å². The van der Waals surface area contributed by atoms with Crippen LogP contribution in [0.15, 0.2) is 15.1 Å². The SMILES string of the molecule is Cc1cc(NC(=O)CN2CCC(OCc3c(C)noc3C)C2)on1. The predicted octanol–water partition coefficient (Wildman–Crippen LogP) is 1.82. The van der Waals surface area contributed by atoms with Gasteiger partial charge in [-0.05, 0) is 27.2 Å². The van der Waals surface area contributed by atoms with Gasteiger partial charge in [0.05, 0.1) is 30.6 Å². The van der Waals surface area contributed by atoms with Crippen molar-refractivity contribution in [1.29, 1.82) is 0 Å². The summed E-state index contributed by atoms with van der Waals surface area (Å²) in [6, 6.07) is 1.69. The summed E-state index contributed by atoms with van der Waals surface area (Å²) in [4.78, 5) is 14.1. The topological polar surface area (TPSA) is 93.6 Å². The van der Waals surface area contributed by atoms with Gasteiger partial charge in [-0.1, -0.05) is 10.3 Å². The van der Waals surface area contributed by atoms with E-state index in [1.807, 2.05) is 13.8 Å². The van der Waals surface area contributed by atoms with E-state index < -0.39 is 0 Å². The van der Waals surface area contributed by atoms with Gasteiger partial charge < -0.3 is 13.8 Å². The molecule has 1 unspecified atom stereocenters. The lowest BCUT2D eigenvalue weighted by Gasteiger charge is -2.15. The minimum absolute atomic E-state index is 0.110. The first-order valence-electron chi connectivity index (χ1n) is 8.00. The average Bonchev–Trinajstić information content (AvgIpc) is 3.21. The van der Waals surface area contributed by atoms with Crippen molar-refractivity contribution in [2.24, 2.45) is 0 Å². The highest BCUT2D eigenvalue weighted by atomic mass is 16.5. The number of ether oxygens (including phenoxy) is 1. The van der Waals surface area contributed by atoms with Crippen molar-refractivity contribution >= 4 is 11.8 Å². The van der Waals surface area contributed by atoms with Crippen LogP contribution >= 0.6 is 0 Å². The van der Waals surface area contributed by atoms with Crippen LogP contribution in [-0.2, 0) is 16.1 Å². The molecule has 8 heteroatoms. The molecule has 3 heterocycles. The number of nitrogens with zero attached hydrogens (tertiary/aromatic N) is 3. The number of aryl methyl sites for hydroxylation is 3. The van der Waals surface area contributed by atoms with Gasteiger partial charge in [0.15, 0.2) is 0 Å². The highest BCUT2D eigenvalue weighted by Crippen LogP contribution is 2.18. The van der Waals surface area contributed by atoms with E-state index >= 15 is 0 Å². The van der Waals surface area contributed by atoms with Crippen molar-refractivity contribution in [3.8, 4) is 0 Å². The van der Waals surface area contributed by atoms with Crippen LogP contribution < -0.4 is 5.32 Å². The van der Waals surface area contributed by atoms with Gasteiger partial charge in [-0.3, -0.25) is 15.0 Å². The van der Waals surface area contributed by atoms with Crippen molar-refractivity contribution in [2.45, 2.75) is 39.9 Å². The van der Waals surface area contributed by atoms with E-state index in [0.29, 0.717) is 19.0 Å². The Morgan fingerprint density at radius 1 is 1.38 bits per heavy atom. The Morgan fingerprint density at radius 2 is 2.21 bits per heavy atom. The van der Waals surface area contributed by atoms with Gasteiger partial charge in [-0.2, -0.15) is 0 Å². The maximum absolute atomic E-state index is 12.0. The molecule has 2 aromatic heterocycles. The highest BCUT2D eigenvalue weighted by molar-refractivity contribution is 5.90. The lowest BCUT2D eigenvalue weighted by molar-refractivity contribution is -0.117. The molecule has 0 spiro atoms. The first kappa shape index (κ1) is 16.7. The average molecular weight is 334 g/mol. The molecule has 2 aromatic rings. The first-order chi connectivity index (χ1) is 11.5. The summed E-state index contributed by atoms with van der Waals surface area (Å²) in [5, 5.41) is 10.4. The largest absolute Gasteiger partial charge is 0.372 e. The Labute approximate surface area is 140 Å². The molecule has 8 nitrogen and oxygen atoms in total. The van der Waals surface area contributed by atoms with Crippen LogP contribution in [0, 0.1) is 20.8 Å². The number of carbonyl (C=O) groups is 1. The number of nitrogens with one attached hydrogen (secondary N) is 1. The van der Waals surface area contributed by atoms with E-state index in [-0.39, 0.29) is 12.0 Å². The number of rotatable bonds is 6. The third-order valence-electron chi connectivity index (χ3n) is 4.13. The number of anilines is 1. The minimum Gasteiger partial charge on any atom is -0.372 e. The minimum atomic E-state index is -0.113. The van der Waals surface area contributed by atoms with Crippen LogP contribution in [0.3, 0.4) is 0 Å². The molecular weight excluding hydrogens is 312 g/mol. The van der Waals surface area contributed by atoms with Gasteiger partial charge in [0, 0.05) is 24.7 Å². The van der Waals surface area contributed by atoms with Gasteiger partial charge in [0.25, 0.3) is 0 Å². The van der Waals surface area contributed by atoms with E-state index in [4.69, 9.17) is 13.8 Å². The monoisotopic (exact) mass is 334 g/mol. The fraction of sp³-hybridized carbons (Fsp3) is 0.562. The second-order valence-electron chi connectivity index (χ2n) is 6.14. The zero-order valence-corrected chi connectivity index (χ0v) is 14.2. The summed E-state index contributed by atoms with van der Waals surface area (Å²) >= 11 is 0. The van der Waals surface area contributed by atoms with Gasteiger partial charge in [0.1, 0.15) is 5.76 Å². The zero-order chi connectivity index (χ0) is 17.1. The number of aromatic nitrogens is 2. The molecule has 1 amide bonds. The summed E-state index contributed by atoms with van der Waals surface area (Å²) in [6.45, 7) is 7.96. The molecule has 0 saturated carbocycles. The van der Waals surface area contributed by atoms with Gasteiger partial charge in [-0.25, -0.2) is 0 Å². The Morgan fingerprint density at radius 3 is 2.88 bits per heavy atom. The molecule has 1 saturated heterocycles. The first-order valence-corrected chi connectivity index (χ1v) is 8.00. The van der Waals surface area contributed by atoms with Crippen LogP contribution in [0.2, 0.25) is 0 Å². The Hall–Kier alpha value is -2.19. The van der Waals surface area contributed by atoms with E-state index in [2.05, 4.69) is 20.5 Å². The van der Waals surface area contributed by atoms with Crippen molar-refractivity contribution in [1.82, 2.24) is 15.2 Å². The second-order valence-corrected chi connectivity index (χ2v) is 6.14. The Kier molecular flexibility index (Phi) is 4.96. The van der Waals surface area contributed by atoms with Gasteiger partial charge >= 0.3 is 0 Å². The van der Waals surface area contributed by atoms with Gasteiger partial charge in [-0.15, -0.1) is 0 Å². The van der Waals surface area contributed by atoms with Crippen LogP contribution in [0.25, 0.3) is 0 Å². The molecule has 3 rings (SSSR count). The molecule has 1 aliphatic heterocycles. The second kappa shape index (κ2) is 7.14. The quantitative estimate of drug-likeness (QED) is 0.861.